The molecule has 0 saturated heterocycles. The molecule has 2 aromatic carbocycles. The Morgan fingerprint density at radius 1 is 1.17 bits per heavy atom. The maximum atomic E-state index is 13.2. The summed E-state index contributed by atoms with van der Waals surface area (Å²) >= 11 is 2.15. The van der Waals surface area contributed by atoms with Gasteiger partial charge in [-0.25, -0.2) is 4.39 Å². The third-order valence-corrected chi connectivity index (χ3v) is 3.26. The van der Waals surface area contributed by atoms with Crippen molar-refractivity contribution in [1.29, 1.82) is 5.26 Å². The van der Waals surface area contributed by atoms with Crippen molar-refractivity contribution < 1.29 is 9.50 Å². The van der Waals surface area contributed by atoms with Crippen LogP contribution in [0.5, 0.6) is 0 Å². The third kappa shape index (κ3) is 2.68. The third-order valence-electron chi connectivity index (χ3n) is 2.59. The van der Waals surface area contributed by atoms with Gasteiger partial charge in [-0.15, -0.1) is 0 Å². The molecule has 0 heterocycles. The predicted molar refractivity (Wildman–Crippen MR) is 74.3 cm³/mol. The summed E-state index contributed by atoms with van der Waals surface area (Å²) in [5.74, 6) is -0.573. The van der Waals surface area contributed by atoms with Crippen molar-refractivity contribution in [3.8, 4) is 6.07 Å². The van der Waals surface area contributed by atoms with Crippen LogP contribution in [0.2, 0.25) is 0 Å². The smallest absolute Gasteiger partial charge is 0.140 e. The molecule has 1 atom stereocenters. The second-order valence-corrected chi connectivity index (χ2v) is 5.05. The molecule has 0 amide bonds. The summed E-state index contributed by atoms with van der Waals surface area (Å²) in [5.41, 5.74) is 1.17. The lowest BCUT2D eigenvalue weighted by molar-refractivity contribution is 0.220. The Morgan fingerprint density at radius 2 is 1.89 bits per heavy atom. The second kappa shape index (κ2) is 5.46. The van der Waals surface area contributed by atoms with Crippen molar-refractivity contribution in [2.45, 2.75) is 6.10 Å². The van der Waals surface area contributed by atoms with E-state index in [2.05, 4.69) is 22.6 Å². The molecule has 0 aromatic heterocycles. The summed E-state index contributed by atoms with van der Waals surface area (Å²) < 4.78 is 14.2. The molecule has 0 fully saturated rings. The van der Waals surface area contributed by atoms with Crippen LogP contribution in [0.4, 0.5) is 4.39 Å². The first-order valence-corrected chi connectivity index (χ1v) is 6.33. The maximum Gasteiger partial charge on any atom is 0.140 e. The number of hydrogen-bond donors (Lipinski definition) is 1. The highest BCUT2D eigenvalue weighted by molar-refractivity contribution is 14.1. The van der Waals surface area contributed by atoms with E-state index in [1.807, 2.05) is 18.2 Å². The quantitative estimate of drug-likeness (QED) is 0.842. The van der Waals surface area contributed by atoms with Gasteiger partial charge in [-0.3, -0.25) is 0 Å². The van der Waals surface area contributed by atoms with Crippen molar-refractivity contribution in [3.63, 3.8) is 0 Å². The molecule has 2 rings (SSSR count). The van der Waals surface area contributed by atoms with Gasteiger partial charge in [0, 0.05) is 3.57 Å². The zero-order valence-electron chi connectivity index (χ0n) is 9.27. The SMILES string of the molecule is N#Cc1cc(C(O)c2cccc(I)c2)ccc1F. The van der Waals surface area contributed by atoms with Gasteiger partial charge in [-0.05, 0) is 58.0 Å². The van der Waals surface area contributed by atoms with Gasteiger partial charge in [-0.2, -0.15) is 5.26 Å². The lowest BCUT2D eigenvalue weighted by Gasteiger charge is -2.12. The minimum Gasteiger partial charge on any atom is -0.384 e. The van der Waals surface area contributed by atoms with Crippen LogP contribution in [0, 0.1) is 20.7 Å². The average molecular weight is 353 g/mol. The lowest BCUT2D eigenvalue weighted by Crippen LogP contribution is -2.01. The molecule has 90 valence electrons. The summed E-state index contributed by atoms with van der Waals surface area (Å²) in [7, 11) is 0. The highest BCUT2D eigenvalue weighted by atomic mass is 127. The average Bonchev–Trinajstić information content (AvgIpc) is 2.38. The minimum atomic E-state index is -0.854. The van der Waals surface area contributed by atoms with Crippen molar-refractivity contribution in [3.05, 3.63) is 68.5 Å². The zero-order chi connectivity index (χ0) is 13.1. The Kier molecular flexibility index (Phi) is 3.94. The molecule has 2 nitrogen and oxygen atoms in total. The Hall–Kier alpha value is -1.45. The van der Waals surface area contributed by atoms with Crippen LogP contribution in [0.15, 0.2) is 42.5 Å². The molecule has 0 aliphatic rings. The fourth-order valence-electron chi connectivity index (χ4n) is 1.67. The van der Waals surface area contributed by atoms with Gasteiger partial charge in [0.2, 0.25) is 0 Å². The topological polar surface area (TPSA) is 44.0 Å². The molecular formula is C14H9FINO. The molecule has 1 unspecified atom stereocenters. The second-order valence-electron chi connectivity index (χ2n) is 3.81. The van der Waals surface area contributed by atoms with Gasteiger partial charge < -0.3 is 5.11 Å². The van der Waals surface area contributed by atoms with Gasteiger partial charge in [0.15, 0.2) is 0 Å². The molecule has 2 aromatic rings. The van der Waals surface area contributed by atoms with Crippen LogP contribution < -0.4 is 0 Å². The number of rotatable bonds is 2. The number of hydrogen-bond acceptors (Lipinski definition) is 2. The standard InChI is InChI=1S/C14H9FINO/c15-13-5-4-10(6-11(13)8-17)14(18)9-2-1-3-12(16)7-9/h1-7,14,18H. The summed E-state index contributed by atoms with van der Waals surface area (Å²) in [6.07, 6.45) is -0.854. The first-order valence-electron chi connectivity index (χ1n) is 5.25. The van der Waals surface area contributed by atoms with E-state index < -0.39 is 11.9 Å². The predicted octanol–water partition coefficient (Wildman–Crippen LogP) is 3.38. The van der Waals surface area contributed by atoms with Crippen LogP contribution in [-0.4, -0.2) is 5.11 Å². The highest BCUT2D eigenvalue weighted by Crippen LogP contribution is 2.24. The normalized spacial score (nSPS) is 11.9. The Labute approximate surface area is 118 Å². The van der Waals surface area contributed by atoms with E-state index in [-0.39, 0.29) is 5.56 Å². The number of benzene rings is 2. The molecule has 1 N–H and O–H groups in total. The molecule has 0 radical (unpaired) electrons. The van der Waals surface area contributed by atoms with Crippen molar-refractivity contribution in [2.75, 3.05) is 0 Å². The Morgan fingerprint density at radius 3 is 2.56 bits per heavy atom. The van der Waals surface area contributed by atoms with E-state index >= 15 is 0 Å². The van der Waals surface area contributed by atoms with E-state index in [0.717, 1.165) is 9.13 Å². The molecule has 18 heavy (non-hydrogen) atoms. The van der Waals surface area contributed by atoms with E-state index in [9.17, 15) is 9.50 Å². The van der Waals surface area contributed by atoms with Gasteiger partial charge in [0.25, 0.3) is 0 Å². The zero-order valence-corrected chi connectivity index (χ0v) is 11.4. The van der Waals surface area contributed by atoms with Crippen LogP contribution in [0.25, 0.3) is 0 Å². The van der Waals surface area contributed by atoms with E-state index in [0.29, 0.717) is 5.56 Å². The summed E-state index contributed by atoms with van der Waals surface area (Å²) in [6, 6.07) is 13.2. The Bertz CT molecular complexity index is 621. The first kappa shape index (κ1) is 13.0. The summed E-state index contributed by atoms with van der Waals surface area (Å²) in [5, 5.41) is 19.0. The fourth-order valence-corrected chi connectivity index (χ4v) is 2.23. The molecule has 0 spiro atoms. The number of nitrogens with zero attached hydrogens (tertiary/aromatic N) is 1. The number of aliphatic hydroxyl groups is 1. The molecule has 0 aliphatic heterocycles. The van der Waals surface area contributed by atoms with Crippen LogP contribution >= 0.6 is 22.6 Å². The molecule has 0 aliphatic carbocycles. The number of aliphatic hydroxyl groups excluding tert-OH is 1. The van der Waals surface area contributed by atoms with E-state index in [1.54, 1.807) is 12.1 Å². The van der Waals surface area contributed by atoms with Crippen LogP contribution in [-0.2, 0) is 0 Å². The van der Waals surface area contributed by atoms with E-state index in [1.165, 1.54) is 18.2 Å². The molecule has 4 heteroatoms. The number of nitriles is 1. The van der Waals surface area contributed by atoms with Crippen LogP contribution in [0.1, 0.15) is 22.8 Å². The maximum absolute atomic E-state index is 13.2. The fraction of sp³-hybridized carbons (Fsp3) is 0.0714. The summed E-state index contributed by atoms with van der Waals surface area (Å²) in [6.45, 7) is 0. The first-order chi connectivity index (χ1) is 8.61. The van der Waals surface area contributed by atoms with Crippen molar-refractivity contribution >= 4 is 22.6 Å². The van der Waals surface area contributed by atoms with Gasteiger partial charge in [-0.1, -0.05) is 18.2 Å². The lowest BCUT2D eigenvalue weighted by atomic mass is 10.00. The van der Waals surface area contributed by atoms with Crippen molar-refractivity contribution in [2.24, 2.45) is 0 Å². The largest absolute Gasteiger partial charge is 0.384 e. The Balaban J connectivity index is 2.40. The molecule has 0 saturated carbocycles. The summed E-state index contributed by atoms with van der Waals surface area (Å²) in [4.78, 5) is 0. The number of halogens is 2. The van der Waals surface area contributed by atoms with Crippen LogP contribution in [0.3, 0.4) is 0 Å². The minimum absolute atomic E-state index is 0.0582. The van der Waals surface area contributed by atoms with E-state index in [4.69, 9.17) is 5.26 Å². The van der Waals surface area contributed by atoms with Gasteiger partial charge >= 0.3 is 0 Å². The monoisotopic (exact) mass is 353 g/mol. The van der Waals surface area contributed by atoms with Gasteiger partial charge in [0.1, 0.15) is 18.0 Å². The molecule has 0 bridgehead atoms. The van der Waals surface area contributed by atoms with Gasteiger partial charge in [0.05, 0.1) is 5.56 Å². The molecular weight excluding hydrogens is 344 g/mol. The van der Waals surface area contributed by atoms with Crippen molar-refractivity contribution in [1.82, 2.24) is 0 Å². The highest BCUT2D eigenvalue weighted by Gasteiger charge is 2.13.